The molecule has 0 radical (unpaired) electrons. The molecule has 5 aromatic rings. The van der Waals surface area contributed by atoms with Crippen molar-refractivity contribution < 1.29 is 26.4 Å². The molecule has 0 aliphatic heterocycles. The summed E-state index contributed by atoms with van der Waals surface area (Å²) in [7, 11) is -4.65. The van der Waals surface area contributed by atoms with Gasteiger partial charge in [0.2, 0.25) is 0 Å². The first-order chi connectivity index (χ1) is 26.8. The molecular formula is C42H45ClF3N5O3S2. The summed E-state index contributed by atoms with van der Waals surface area (Å²) in [6.45, 7) is 6.38. The highest BCUT2D eigenvalue weighted by Gasteiger charge is 2.36. The monoisotopic (exact) mass is 823 g/mol. The van der Waals surface area contributed by atoms with E-state index >= 15 is 0 Å². The second kappa shape index (κ2) is 20.1. The van der Waals surface area contributed by atoms with Crippen molar-refractivity contribution >= 4 is 50.7 Å². The van der Waals surface area contributed by atoms with E-state index in [1.807, 2.05) is 85.3 Å². The predicted octanol–water partition coefficient (Wildman–Crippen LogP) is 9.31. The maximum Gasteiger partial charge on any atom is 0.418 e. The topological polar surface area (TPSA) is 111 Å². The van der Waals surface area contributed by atoms with Crippen LogP contribution in [0.25, 0.3) is 11.1 Å². The Bertz CT molecular complexity index is 2140. The number of amides is 1. The Morgan fingerprint density at radius 1 is 0.821 bits per heavy atom. The van der Waals surface area contributed by atoms with Gasteiger partial charge >= 0.3 is 6.18 Å². The van der Waals surface area contributed by atoms with Crippen molar-refractivity contribution in [2.45, 2.75) is 54.9 Å². The number of halogens is 4. The molecule has 5 rings (SSSR count). The summed E-state index contributed by atoms with van der Waals surface area (Å²) in [4.78, 5) is 13.3. The van der Waals surface area contributed by atoms with Gasteiger partial charge in [0.1, 0.15) is 0 Å². The molecule has 8 nitrogen and oxygen atoms in total. The average Bonchev–Trinajstić information content (AvgIpc) is 3.17. The van der Waals surface area contributed by atoms with Crippen molar-refractivity contribution in [2.24, 2.45) is 0 Å². The molecular weight excluding hydrogens is 779 g/mol. The molecule has 0 fully saturated rings. The largest absolute Gasteiger partial charge is 0.418 e. The summed E-state index contributed by atoms with van der Waals surface area (Å²) < 4.78 is 71.5. The first-order valence-electron chi connectivity index (χ1n) is 18.1. The molecule has 0 unspecified atom stereocenters. The highest BCUT2D eigenvalue weighted by atomic mass is 35.5. The van der Waals surface area contributed by atoms with Gasteiger partial charge in [0.05, 0.1) is 10.5 Å². The summed E-state index contributed by atoms with van der Waals surface area (Å²) in [5, 5.41) is 13.6. The van der Waals surface area contributed by atoms with Crippen LogP contribution >= 0.6 is 23.4 Å². The van der Waals surface area contributed by atoms with Crippen LogP contribution in [0, 0.1) is 0 Å². The van der Waals surface area contributed by atoms with Gasteiger partial charge in [-0.15, -0.1) is 11.8 Å². The molecule has 0 aliphatic carbocycles. The fourth-order valence-electron chi connectivity index (χ4n) is 5.81. The zero-order valence-corrected chi connectivity index (χ0v) is 33.4. The van der Waals surface area contributed by atoms with Crippen LogP contribution in [0.1, 0.15) is 41.8 Å². The second-order valence-corrected chi connectivity index (χ2v) is 16.6. The van der Waals surface area contributed by atoms with Gasteiger partial charge in [-0.2, -0.15) is 13.2 Å². The Hall–Kier alpha value is -4.53. The number of carbonyl (C=O) groups excluding carboxylic acids is 1. The van der Waals surface area contributed by atoms with Crippen LogP contribution < -0.4 is 26.0 Å². The standard InChI is InChI=1S/C42H45ClF3N5O3S2/c1-29(2)48-23-22-35(28-55-36-9-4-3-5-10-36)50-40-21-20-37(26-39(40)42(44,45)46)56(53,54)51-41(52)31-14-18-34(19-15-31)49-25-24-47-27-32-8-6-7-11-38(32)30-12-16-33(43)17-13-30/h3-21,26,29,35,47-50H,22-25,27-28H2,1-2H3,(H,51,52)/t35-/m1/s1. The molecule has 1 amide bonds. The summed E-state index contributed by atoms with van der Waals surface area (Å²) in [6, 6.07) is 34.0. The highest BCUT2D eigenvalue weighted by Crippen LogP contribution is 2.37. The number of hydrogen-bond acceptors (Lipinski definition) is 8. The van der Waals surface area contributed by atoms with E-state index in [1.165, 1.54) is 23.9 Å². The van der Waals surface area contributed by atoms with Gasteiger partial charge in [-0.05, 0) is 96.4 Å². The maximum absolute atomic E-state index is 14.4. The van der Waals surface area contributed by atoms with E-state index in [0.29, 0.717) is 55.1 Å². The lowest BCUT2D eigenvalue weighted by Crippen LogP contribution is -2.32. The SMILES string of the molecule is CC(C)NCC[C@H](CSc1ccccc1)Nc1ccc(S(=O)(=O)NC(=O)c2ccc(NCCNCc3ccccc3-c3ccc(Cl)cc3)cc2)cc1C(F)(F)F. The Balaban J connectivity index is 1.17. The smallest absolute Gasteiger partial charge is 0.384 e. The summed E-state index contributed by atoms with van der Waals surface area (Å²) >= 11 is 7.56. The minimum absolute atomic E-state index is 0.0270. The number of alkyl halides is 3. The minimum Gasteiger partial charge on any atom is -0.384 e. The number of hydrogen-bond donors (Lipinski definition) is 5. The number of benzene rings is 5. The van der Waals surface area contributed by atoms with Crippen LogP contribution in [0.15, 0.2) is 131 Å². The number of carbonyl (C=O) groups is 1. The molecule has 0 aliphatic rings. The van der Waals surface area contributed by atoms with Crippen LogP contribution in [-0.2, 0) is 22.7 Å². The summed E-state index contributed by atoms with van der Waals surface area (Å²) in [5.74, 6) is -0.493. The van der Waals surface area contributed by atoms with Gasteiger partial charge in [-0.1, -0.05) is 80.0 Å². The van der Waals surface area contributed by atoms with Gasteiger partial charge < -0.3 is 21.3 Å². The summed E-state index contributed by atoms with van der Waals surface area (Å²) in [6.07, 6.45) is -4.34. The molecule has 0 saturated carbocycles. The third kappa shape index (κ3) is 12.8. The van der Waals surface area contributed by atoms with Crippen LogP contribution in [0.5, 0.6) is 0 Å². The molecule has 0 saturated heterocycles. The zero-order valence-electron chi connectivity index (χ0n) is 31.0. The van der Waals surface area contributed by atoms with E-state index in [9.17, 15) is 26.4 Å². The third-order valence-electron chi connectivity index (χ3n) is 8.70. The number of rotatable bonds is 19. The average molecular weight is 824 g/mol. The number of sulfonamides is 1. The normalized spacial score (nSPS) is 12.3. The third-order valence-corrected chi connectivity index (χ3v) is 11.5. The molecule has 0 heterocycles. The highest BCUT2D eigenvalue weighted by molar-refractivity contribution is 7.99. The van der Waals surface area contributed by atoms with E-state index in [0.717, 1.165) is 33.7 Å². The van der Waals surface area contributed by atoms with Gasteiger partial charge in [0.25, 0.3) is 15.9 Å². The first kappa shape index (κ1) is 42.6. The van der Waals surface area contributed by atoms with E-state index < -0.39 is 32.6 Å². The predicted molar refractivity (Wildman–Crippen MR) is 222 cm³/mol. The van der Waals surface area contributed by atoms with E-state index in [1.54, 1.807) is 12.1 Å². The lowest BCUT2D eigenvalue weighted by atomic mass is 10.00. The van der Waals surface area contributed by atoms with Crippen molar-refractivity contribution in [3.8, 4) is 11.1 Å². The molecule has 5 N–H and O–H groups in total. The molecule has 0 bridgehead atoms. The number of thioether (sulfide) groups is 1. The van der Waals surface area contributed by atoms with Crippen LogP contribution in [0.2, 0.25) is 5.02 Å². The zero-order chi connectivity index (χ0) is 40.1. The van der Waals surface area contributed by atoms with Crippen molar-refractivity contribution in [1.29, 1.82) is 0 Å². The first-order valence-corrected chi connectivity index (χ1v) is 21.0. The van der Waals surface area contributed by atoms with Crippen molar-refractivity contribution in [2.75, 3.05) is 36.0 Å². The minimum atomic E-state index is -4.87. The van der Waals surface area contributed by atoms with Gasteiger partial charge in [0, 0.05) is 64.3 Å². The van der Waals surface area contributed by atoms with Crippen molar-refractivity contribution in [1.82, 2.24) is 15.4 Å². The lowest BCUT2D eigenvalue weighted by molar-refractivity contribution is -0.137. The van der Waals surface area contributed by atoms with Crippen molar-refractivity contribution in [3.05, 3.63) is 143 Å². The number of anilines is 2. The van der Waals surface area contributed by atoms with Gasteiger partial charge in [0.15, 0.2) is 0 Å². The van der Waals surface area contributed by atoms with Gasteiger partial charge in [-0.3, -0.25) is 4.79 Å². The Labute approximate surface area is 336 Å². The Morgan fingerprint density at radius 3 is 2.21 bits per heavy atom. The molecule has 14 heteroatoms. The molecule has 0 aromatic heterocycles. The summed E-state index contributed by atoms with van der Waals surface area (Å²) in [5.41, 5.74) is 2.66. The van der Waals surface area contributed by atoms with E-state index in [2.05, 4.69) is 33.4 Å². The molecule has 0 spiro atoms. The second-order valence-electron chi connectivity index (χ2n) is 13.3. The molecule has 56 heavy (non-hydrogen) atoms. The number of nitrogens with one attached hydrogen (secondary N) is 5. The van der Waals surface area contributed by atoms with Crippen LogP contribution in [0.4, 0.5) is 24.5 Å². The molecule has 5 aromatic carbocycles. The molecule has 296 valence electrons. The fourth-order valence-corrected chi connectivity index (χ4v) is 7.93. The molecule has 1 atom stereocenters. The lowest BCUT2D eigenvalue weighted by Gasteiger charge is -2.23. The van der Waals surface area contributed by atoms with Gasteiger partial charge in [-0.25, -0.2) is 13.1 Å². The Kier molecular flexibility index (Phi) is 15.3. The maximum atomic E-state index is 14.4. The van der Waals surface area contributed by atoms with E-state index in [-0.39, 0.29) is 23.3 Å². The van der Waals surface area contributed by atoms with Crippen molar-refractivity contribution in [3.63, 3.8) is 0 Å². The Morgan fingerprint density at radius 2 is 1.52 bits per heavy atom. The quantitative estimate of drug-likeness (QED) is 0.0414. The van der Waals surface area contributed by atoms with Crippen LogP contribution in [0.3, 0.4) is 0 Å². The van der Waals surface area contributed by atoms with E-state index in [4.69, 9.17) is 11.6 Å². The fraction of sp³-hybridized carbons (Fsp3) is 0.262. The van der Waals surface area contributed by atoms with Crippen LogP contribution in [-0.4, -0.2) is 51.8 Å².